The summed E-state index contributed by atoms with van der Waals surface area (Å²) in [5.74, 6) is 0.814. The van der Waals surface area contributed by atoms with Crippen LogP contribution in [0, 0.1) is 0 Å². The van der Waals surface area contributed by atoms with Crippen LogP contribution in [0.3, 0.4) is 0 Å². The second kappa shape index (κ2) is 5.63. The molecule has 0 aliphatic heterocycles. The maximum Gasteiger partial charge on any atom is 0.287 e. The third-order valence-corrected chi connectivity index (χ3v) is 3.47. The van der Waals surface area contributed by atoms with E-state index in [9.17, 15) is 4.79 Å². The zero-order chi connectivity index (χ0) is 15.7. The minimum absolute atomic E-state index is 0.192. The van der Waals surface area contributed by atoms with Gasteiger partial charge in [-0.3, -0.25) is 4.79 Å². The molecule has 6 heteroatoms. The van der Waals surface area contributed by atoms with Crippen molar-refractivity contribution in [2.45, 2.75) is 32.9 Å². The van der Waals surface area contributed by atoms with E-state index in [4.69, 9.17) is 4.42 Å². The predicted octanol–water partition coefficient (Wildman–Crippen LogP) is 3.10. The van der Waals surface area contributed by atoms with Crippen molar-refractivity contribution in [3.05, 3.63) is 48.3 Å². The maximum atomic E-state index is 12.1. The Morgan fingerprint density at radius 3 is 2.77 bits per heavy atom. The number of nitrogens with zero attached hydrogens (tertiary/aromatic N) is 3. The monoisotopic (exact) mass is 298 g/mol. The van der Waals surface area contributed by atoms with E-state index >= 15 is 0 Å². The van der Waals surface area contributed by atoms with Gasteiger partial charge in [0, 0.05) is 12.2 Å². The highest BCUT2D eigenvalue weighted by molar-refractivity contribution is 5.91. The molecule has 0 spiro atoms. The number of imidazole rings is 1. The second-order valence-corrected chi connectivity index (χ2v) is 5.45. The van der Waals surface area contributed by atoms with Crippen LogP contribution in [0.25, 0.3) is 11.2 Å². The Hall–Kier alpha value is -2.63. The van der Waals surface area contributed by atoms with Crippen LogP contribution in [0.15, 0.2) is 41.1 Å². The fourth-order valence-corrected chi connectivity index (χ4v) is 2.50. The number of pyridine rings is 1. The smallest absolute Gasteiger partial charge is 0.287 e. The molecule has 0 unspecified atom stereocenters. The van der Waals surface area contributed by atoms with Gasteiger partial charge in [-0.1, -0.05) is 0 Å². The van der Waals surface area contributed by atoms with Crippen LogP contribution in [0.5, 0.6) is 0 Å². The van der Waals surface area contributed by atoms with Crippen LogP contribution < -0.4 is 5.32 Å². The number of carbonyl (C=O) groups excluding carboxylic acids is 1. The first-order valence-electron chi connectivity index (χ1n) is 7.25. The van der Waals surface area contributed by atoms with Gasteiger partial charge >= 0.3 is 0 Å². The quantitative estimate of drug-likeness (QED) is 0.803. The Kier molecular flexibility index (Phi) is 3.66. The van der Waals surface area contributed by atoms with Crippen LogP contribution in [0.2, 0.25) is 0 Å². The van der Waals surface area contributed by atoms with E-state index in [1.165, 1.54) is 6.26 Å². The van der Waals surface area contributed by atoms with Gasteiger partial charge in [0.2, 0.25) is 0 Å². The number of carbonyl (C=O) groups is 1. The highest BCUT2D eigenvalue weighted by atomic mass is 16.3. The van der Waals surface area contributed by atoms with Gasteiger partial charge in [-0.25, -0.2) is 9.97 Å². The highest BCUT2D eigenvalue weighted by Crippen LogP contribution is 2.23. The van der Waals surface area contributed by atoms with Gasteiger partial charge in [0.25, 0.3) is 5.91 Å². The molecule has 1 N–H and O–H groups in total. The Morgan fingerprint density at radius 1 is 1.27 bits per heavy atom. The third kappa shape index (κ3) is 2.47. The number of amides is 1. The number of hydrogen-bond acceptors (Lipinski definition) is 4. The lowest BCUT2D eigenvalue weighted by molar-refractivity contribution is 0.0909. The van der Waals surface area contributed by atoms with Gasteiger partial charge in [0.15, 0.2) is 11.4 Å². The zero-order valence-corrected chi connectivity index (χ0v) is 12.8. The minimum atomic E-state index is -0.257. The van der Waals surface area contributed by atoms with Gasteiger partial charge in [0.1, 0.15) is 11.3 Å². The zero-order valence-electron chi connectivity index (χ0n) is 12.8. The lowest BCUT2D eigenvalue weighted by Gasteiger charge is -2.17. The van der Waals surface area contributed by atoms with E-state index < -0.39 is 0 Å². The molecule has 6 nitrogen and oxygen atoms in total. The Labute approximate surface area is 128 Å². The molecule has 0 aliphatic rings. The number of fused-ring (bicyclic) bond motifs is 1. The molecule has 3 aromatic heterocycles. The van der Waals surface area contributed by atoms with Crippen molar-refractivity contribution in [2.24, 2.45) is 0 Å². The molecule has 0 aliphatic carbocycles. The van der Waals surface area contributed by atoms with E-state index in [-0.39, 0.29) is 23.8 Å². The number of nitrogens with one attached hydrogen (secondary N) is 1. The molecule has 3 rings (SSSR count). The van der Waals surface area contributed by atoms with Gasteiger partial charge in [-0.2, -0.15) is 0 Å². The molecule has 1 atom stereocenters. The van der Waals surface area contributed by atoms with Crippen LogP contribution in [0.4, 0.5) is 0 Å². The molecular formula is C16H18N4O2. The third-order valence-electron chi connectivity index (χ3n) is 3.47. The maximum absolute atomic E-state index is 12.1. The van der Waals surface area contributed by atoms with Crippen molar-refractivity contribution in [3.63, 3.8) is 0 Å². The lowest BCUT2D eigenvalue weighted by Crippen LogP contribution is -2.28. The van der Waals surface area contributed by atoms with Crippen molar-refractivity contribution in [1.82, 2.24) is 19.9 Å². The summed E-state index contributed by atoms with van der Waals surface area (Å²) in [6, 6.07) is 7.04. The van der Waals surface area contributed by atoms with Crippen molar-refractivity contribution >= 4 is 17.1 Å². The summed E-state index contributed by atoms with van der Waals surface area (Å²) in [6.07, 6.45) is 3.23. The van der Waals surface area contributed by atoms with E-state index in [1.807, 2.05) is 23.6 Å². The average molecular weight is 298 g/mol. The van der Waals surface area contributed by atoms with Gasteiger partial charge in [0.05, 0.1) is 12.3 Å². The first-order chi connectivity index (χ1) is 10.6. The van der Waals surface area contributed by atoms with Crippen LogP contribution >= 0.6 is 0 Å². The molecule has 0 aromatic carbocycles. The van der Waals surface area contributed by atoms with Gasteiger partial charge in [-0.05, 0) is 45.0 Å². The highest BCUT2D eigenvalue weighted by Gasteiger charge is 2.21. The van der Waals surface area contributed by atoms with Crippen LogP contribution in [-0.4, -0.2) is 20.4 Å². The Bertz CT molecular complexity index is 790. The molecule has 1 amide bonds. The van der Waals surface area contributed by atoms with Crippen molar-refractivity contribution in [1.29, 1.82) is 0 Å². The van der Waals surface area contributed by atoms with E-state index in [0.29, 0.717) is 0 Å². The van der Waals surface area contributed by atoms with Crippen LogP contribution in [0.1, 0.15) is 49.2 Å². The topological polar surface area (TPSA) is 73.0 Å². The van der Waals surface area contributed by atoms with Crippen molar-refractivity contribution in [3.8, 4) is 0 Å². The molecule has 3 aromatic rings. The number of hydrogen-bond donors (Lipinski definition) is 1. The van der Waals surface area contributed by atoms with E-state index in [2.05, 4.69) is 29.1 Å². The fraction of sp³-hybridized carbons (Fsp3) is 0.312. The summed E-state index contributed by atoms with van der Waals surface area (Å²) in [5, 5.41) is 2.91. The number of aromatic nitrogens is 3. The molecule has 0 saturated heterocycles. The standard InChI is InChI=1S/C16H18N4O2/c1-10(2)20-14(19-12-6-4-8-17-15(12)20)11(3)18-16(21)13-7-5-9-22-13/h4-11H,1-3H3,(H,18,21)/t11-/m1/s1. The first-order valence-corrected chi connectivity index (χ1v) is 7.25. The predicted molar refractivity (Wildman–Crippen MR) is 82.5 cm³/mol. The molecule has 0 bridgehead atoms. The lowest BCUT2D eigenvalue weighted by atomic mass is 10.2. The molecule has 0 radical (unpaired) electrons. The SMILES string of the molecule is CC(C)n1c([C@@H](C)NC(=O)c2ccco2)nc2cccnc21. The number of rotatable bonds is 4. The Morgan fingerprint density at radius 2 is 2.09 bits per heavy atom. The molecule has 3 heterocycles. The largest absolute Gasteiger partial charge is 0.459 e. The van der Waals surface area contributed by atoms with Gasteiger partial charge in [-0.15, -0.1) is 0 Å². The second-order valence-electron chi connectivity index (χ2n) is 5.45. The van der Waals surface area contributed by atoms with Crippen molar-refractivity contribution in [2.75, 3.05) is 0 Å². The number of furan rings is 1. The molecule has 0 saturated carbocycles. The molecule has 0 fully saturated rings. The van der Waals surface area contributed by atoms with Gasteiger partial charge < -0.3 is 14.3 Å². The molecule has 114 valence electrons. The Balaban J connectivity index is 1.95. The van der Waals surface area contributed by atoms with Crippen LogP contribution in [-0.2, 0) is 0 Å². The summed E-state index contributed by atoms with van der Waals surface area (Å²) in [7, 11) is 0. The normalized spacial score (nSPS) is 12.7. The summed E-state index contributed by atoms with van der Waals surface area (Å²) in [6.45, 7) is 6.04. The summed E-state index contributed by atoms with van der Waals surface area (Å²) in [5.41, 5.74) is 1.65. The van der Waals surface area contributed by atoms with E-state index in [0.717, 1.165) is 17.0 Å². The molecule has 22 heavy (non-hydrogen) atoms. The summed E-state index contributed by atoms with van der Waals surface area (Å²) in [4.78, 5) is 21.2. The molecular weight excluding hydrogens is 280 g/mol. The summed E-state index contributed by atoms with van der Waals surface area (Å²) >= 11 is 0. The van der Waals surface area contributed by atoms with Crippen molar-refractivity contribution < 1.29 is 9.21 Å². The van der Waals surface area contributed by atoms with E-state index in [1.54, 1.807) is 18.3 Å². The fourth-order valence-electron chi connectivity index (χ4n) is 2.50. The summed E-state index contributed by atoms with van der Waals surface area (Å²) < 4.78 is 7.16. The first kappa shape index (κ1) is 14.3. The minimum Gasteiger partial charge on any atom is -0.459 e. The average Bonchev–Trinajstić information content (AvgIpc) is 3.14.